The number of benzene rings is 4. The number of nitrogens with zero attached hydrogens (tertiary/aromatic N) is 2. The molecule has 0 unspecified atom stereocenters. The van der Waals surface area contributed by atoms with Crippen LogP contribution in [0.5, 0.6) is 11.5 Å². The standard InChI is InChI=1S/C33H29BrN4O3S/c1-3-40-30-17-26(28(34)18-31(30)41-20-23-7-5-4-6-8-23)19-35-38-32(39)25-13-11-24(12-14-25)29-21-42-33(37-29)36-27-15-9-22(2)10-16-27/h4-19,21H,3,20H2,1-2H3,(H,36,37)(H,38,39)/b35-19-. The number of halogens is 1. The first kappa shape index (κ1) is 29.0. The number of rotatable bonds is 11. The summed E-state index contributed by atoms with van der Waals surface area (Å²) < 4.78 is 12.6. The van der Waals surface area contributed by atoms with Crippen molar-refractivity contribution in [2.75, 3.05) is 11.9 Å². The Morgan fingerprint density at radius 2 is 1.71 bits per heavy atom. The highest BCUT2D eigenvalue weighted by Crippen LogP contribution is 2.34. The molecule has 42 heavy (non-hydrogen) atoms. The van der Waals surface area contributed by atoms with Gasteiger partial charge in [-0.2, -0.15) is 5.10 Å². The molecule has 0 saturated carbocycles. The molecule has 9 heteroatoms. The van der Waals surface area contributed by atoms with Crippen LogP contribution in [0.1, 0.15) is 34.0 Å². The van der Waals surface area contributed by atoms with Crippen molar-refractivity contribution >= 4 is 50.2 Å². The van der Waals surface area contributed by atoms with Crippen molar-refractivity contribution in [3.8, 4) is 22.8 Å². The van der Waals surface area contributed by atoms with E-state index in [1.807, 2.05) is 79.0 Å². The van der Waals surface area contributed by atoms with Gasteiger partial charge in [0.15, 0.2) is 16.6 Å². The first-order valence-electron chi connectivity index (χ1n) is 13.3. The molecule has 0 atom stereocenters. The van der Waals surface area contributed by atoms with E-state index < -0.39 is 0 Å². The molecule has 0 aliphatic heterocycles. The quantitative estimate of drug-likeness (QED) is 0.112. The van der Waals surface area contributed by atoms with Crippen molar-refractivity contribution in [2.45, 2.75) is 20.5 Å². The summed E-state index contributed by atoms with van der Waals surface area (Å²) in [6.07, 6.45) is 1.57. The van der Waals surface area contributed by atoms with E-state index in [2.05, 4.69) is 55.8 Å². The van der Waals surface area contributed by atoms with Gasteiger partial charge in [0.05, 0.1) is 18.5 Å². The predicted octanol–water partition coefficient (Wildman–Crippen LogP) is 8.37. The molecule has 1 amide bonds. The summed E-state index contributed by atoms with van der Waals surface area (Å²) in [5.41, 5.74) is 8.83. The predicted molar refractivity (Wildman–Crippen MR) is 173 cm³/mol. The maximum atomic E-state index is 12.7. The molecule has 0 spiro atoms. The number of amides is 1. The van der Waals surface area contributed by atoms with Gasteiger partial charge in [0, 0.05) is 32.2 Å². The van der Waals surface area contributed by atoms with Crippen molar-refractivity contribution in [3.05, 3.63) is 123 Å². The van der Waals surface area contributed by atoms with Gasteiger partial charge in [0.25, 0.3) is 5.91 Å². The maximum absolute atomic E-state index is 12.7. The molecule has 0 aliphatic carbocycles. The molecular formula is C33H29BrN4O3S. The molecule has 212 valence electrons. The zero-order chi connectivity index (χ0) is 29.3. The normalized spacial score (nSPS) is 10.9. The third-order valence-corrected chi connectivity index (χ3v) is 7.66. The Hall–Kier alpha value is -4.47. The molecule has 1 heterocycles. The van der Waals surface area contributed by atoms with Gasteiger partial charge in [0.1, 0.15) is 6.61 Å². The molecule has 4 aromatic carbocycles. The lowest BCUT2D eigenvalue weighted by atomic mass is 10.1. The van der Waals surface area contributed by atoms with Crippen LogP contribution in [0.15, 0.2) is 106 Å². The summed E-state index contributed by atoms with van der Waals surface area (Å²) >= 11 is 5.10. The lowest BCUT2D eigenvalue weighted by molar-refractivity contribution is 0.0955. The second-order valence-corrected chi connectivity index (χ2v) is 11.0. The Morgan fingerprint density at radius 1 is 0.976 bits per heavy atom. The van der Waals surface area contributed by atoms with Crippen LogP contribution in [-0.4, -0.2) is 23.7 Å². The smallest absolute Gasteiger partial charge is 0.271 e. The highest BCUT2D eigenvalue weighted by Gasteiger charge is 2.12. The fraction of sp³-hybridized carbons (Fsp3) is 0.121. The number of thiazole rings is 1. The van der Waals surface area contributed by atoms with Crippen LogP contribution in [0.3, 0.4) is 0 Å². The summed E-state index contributed by atoms with van der Waals surface area (Å²) in [7, 11) is 0. The molecule has 0 saturated heterocycles. The number of hydrogen-bond acceptors (Lipinski definition) is 7. The summed E-state index contributed by atoms with van der Waals surface area (Å²) in [6.45, 7) is 4.88. The van der Waals surface area contributed by atoms with Gasteiger partial charge in [0.2, 0.25) is 0 Å². The monoisotopic (exact) mass is 640 g/mol. The molecular weight excluding hydrogens is 612 g/mol. The number of aromatic nitrogens is 1. The Morgan fingerprint density at radius 3 is 2.45 bits per heavy atom. The Bertz CT molecular complexity index is 1670. The van der Waals surface area contributed by atoms with Crippen LogP contribution in [0.2, 0.25) is 0 Å². The number of anilines is 2. The Labute approximate surface area is 257 Å². The largest absolute Gasteiger partial charge is 0.490 e. The van der Waals surface area contributed by atoms with Gasteiger partial charge in [-0.1, -0.05) is 60.2 Å². The number of hydrazone groups is 1. The van der Waals surface area contributed by atoms with Gasteiger partial charge in [-0.05, 0) is 71.7 Å². The second-order valence-electron chi connectivity index (χ2n) is 9.33. The molecule has 0 bridgehead atoms. The number of aryl methyl sites for hydroxylation is 1. The summed E-state index contributed by atoms with van der Waals surface area (Å²) in [5, 5.41) is 10.3. The lowest BCUT2D eigenvalue weighted by Gasteiger charge is -2.14. The molecule has 0 radical (unpaired) electrons. The van der Waals surface area contributed by atoms with Crippen LogP contribution >= 0.6 is 27.3 Å². The maximum Gasteiger partial charge on any atom is 0.271 e. The van der Waals surface area contributed by atoms with Gasteiger partial charge < -0.3 is 14.8 Å². The van der Waals surface area contributed by atoms with Gasteiger partial charge in [-0.25, -0.2) is 10.4 Å². The van der Waals surface area contributed by atoms with Crippen molar-refractivity contribution in [1.29, 1.82) is 0 Å². The summed E-state index contributed by atoms with van der Waals surface area (Å²) in [6, 6.07) is 29.0. The SMILES string of the molecule is CCOc1cc(/C=N\NC(=O)c2ccc(-c3csc(Nc4ccc(C)cc4)n3)cc2)c(Br)cc1OCc1ccccc1. The lowest BCUT2D eigenvalue weighted by Crippen LogP contribution is -2.17. The minimum absolute atomic E-state index is 0.318. The summed E-state index contributed by atoms with van der Waals surface area (Å²) in [5.74, 6) is 0.896. The van der Waals surface area contributed by atoms with Crippen LogP contribution < -0.4 is 20.2 Å². The average molecular weight is 642 g/mol. The van der Waals surface area contributed by atoms with E-state index in [1.54, 1.807) is 18.3 Å². The molecule has 0 aliphatic rings. The van der Waals surface area contributed by atoms with E-state index in [4.69, 9.17) is 9.47 Å². The van der Waals surface area contributed by atoms with Crippen LogP contribution in [0, 0.1) is 6.92 Å². The van der Waals surface area contributed by atoms with Crippen molar-refractivity contribution in [3.63, 3.8) is 0 Å². The van der Waals surface area contributed by atoms with Crippen LogP contribution in [0.4, 0.5) is 10.8 Å². The molecule has 7 nitrogen and oxygen atoms in total. The first-order chi connectivity index (χ1) is 20.5. The van der Waals surface area contributed by atoms with Crippen LogP contribution in [-0.2, 0) is 6.61 Å². The van der Waals surface area contributed by atoms with E-state index in [1.165, 1.54) is 16.9 Å². The number of ether oxygens (including phenoxy) is 2. The molecule has 1 aromatic heterocycles. The van der Waals surface area contributed by atoms with Crippen molar-refractivity contribution < 1.29 is 14.3 Å². The topological polar surface area (TPSA) is 84.8 Å². The van der Waals surface area contributed by atoms with E-state index in [-0.39, 0.29) is 5.91 Å². The minimum atomic E-state index is -0.318. The van der Waals surface area contributed by atoms with Gasteiger partial charge >= 0.3 is 0 Å². The van der Waals surface area contributed by atoms with Gasteiger partial charge in [-0.3, -0.25) is 4.79 Å². The highest BCUT2D eigenvalue weighted by molar-refractivity contribution is 9.10. The minimum Gasteiger partial charge on any atom is -0.490 e. The fourth-order valence-electron chi connectivity index (χ4n) is 4.01. The third kappa shape index (κ3) is 7.63. The number of carbonyl (C=O) groups excluding carboxylic acids is 1. The van der Waals surface area contributed by atoms with E-state index in [0.717, 1.165) is 37.7 Å². The van der Waals surface area contributed by atoms with Crippen molar-refractivity contribution in [1.82, 2.24) is 10.4 Å². The van der Waals surface area contributed by atoms with Crippen LogP contribution in [0.25, 0.3) is 11.3 Å². The number of nitrogens with one attached hydrogen (secondary N) is 2. The number of hydrogen-bond donors (Lipinski definition) is 2. The third-order valence-electron chi connectivity index (χ3n) is 6.22. The Kier molecular flexibility index (Phi) is 9.63. The molecule has 2 N–H and O–H groups in total. The first-order valence-corrected chi connectivity index (χ1v) is 15.0. The highest BCUT2D eigenvalue weighted by atomic mass is 79.9. The zero-order valence-electron chi connectivity index (χ0n) is 23.1. The van der Waals surface area contributed by atoms with Crippen molar-refractivity contribution in [2.24, 2.45) is 5.10 Å². The van der Waals surface area contributed by atoms with Gasteiger partial charge in [-0.15, -0.1) is 11.3 Å². The molecule has 0 fully saturated rings. The molecule has 5 aromatic rings. The van der Waals surface area contributed by atoms with E-state index >= 15 is 0 Å². The Balaban J connectivity index is 1.20. The second kappa shape index (κ2) is 13.9. The average Bonchev–Trinajstić information content (AvgIpc) is 3.48. The summed E-state index contributed by atoms with van der Waals surface area (Å²) in [4.78, 5) is 17.4. The molecule has 5 rings (SSSR count). The fourth-order valence-corrected chi connectivity index (χ4v) is 5.17. The number of carbonyl (C=O) groups is 1. The zero-order valence-corrected chi connectivity index (χ0v) is 25.5. The van der Waals surface area contributed by atoms with E-state index in [0.29, 0.717) is 30.3 Å². The van der Waals surface area contributed by atoms with E-state index in [9.17, 15) is 4.79 Å².